The van der Waals surface area contributed by atoms with Crippen LogP contribution >= 0.6 is 0 Å². The van der Waals surface area contributed by atoms with Crippen LogP contribution in [0.3, 0.4) is 0 Å². The van der Waals surface area contributed by atoms with Gasteiger partial charge in [-0.05, 0) is 13.8 Å². The molecule has 0 aliphatic heterocycles. The minimum absolute atomic E-state index is 0.229. The van der Waals surface area contributed by atoms with E-state index in [-0.39, 0.29) is 6.42 Å². The molecule has 0 heterocycles. The number of halogens is 2. The summed E-state index contributed by atoms with van der Waals surface area (Å²) in [4.78, 5) is 0. The number of nitrogens with two attached hydrogens (primary N) is 1. The van der Waals surface area contributed by atoms with Crippen molar-refractivity contribution in [1.82, 2.24) is 0 Å². The van der Waals surface area contributed by atoms with E-state index in [0.29, 0.717) is 0 Å². The maximum atomic E-state index is 11.9. The van der Waals surface area contributed by atoms with Crippen molar-refractivity contribution in [2.45, 2.75) is 32.2 Å². The molecule has 1 nitrogen and oxygen atoms in total. The second kappa shape index (κ2) is 2.40. The van der Waals surface area contributed by atoms with Crippen molar-refractivity contribution in [3.63, 3.8) is 0 Å². The van der Waals surface area contributed by atoms with Crippen LogP contribution < -0.4 is 5.73 Å². The summed E-state index contributed by atoms with van der Waals surface area (Å²) in [5, 5.41) is 0. The summed E-state index contributed by atoms with van der Waals surface area (Å²) >= 11 is 0. The average Bonchev–Trinajstić information content (AvgIpc) is 1.21. The van der Waals surface area contributed by atoms with Gasteiger partial charge in [0.05, 0.1) is 0 Å². The van der Waals surface area contributed by atoms with E-state index in [1.54, 1.807) is 6.92 Å². The van der Waals surface area contributed by atoms with Crippen molar-refractivity contribution in [3.05, 3.63) is 0 Å². The molecule has 0 aromatic rings. The monoisotopic (exact) mass is 123 g/mol. The van der Waals surface area contributed by atoms with Crippen molar-refractivity contribution >= 4 is 0 Å². The van der Waals surface area contributed by atoms with Gasteiger partial charge in [-0.25, -0.2) is 8.78 Å². The molecule has 0 spiro atoms. The van der Waals surface area contributed by atoms with E-state index < -0.39 is 12.0 Å². The molecule has 1 unspecified atom stereocenters. The van der Waals surface area contributed by atoms with E-state index in [0.717, 1.165) is 6.92 Å². The Balaban J connectivity index is 3.39. The van der Waals surface area contributed by atoms with Crippen LogP contribution in [0.4, 0.5) is 8.78 Å². The minimum Gasteiger partial charge on any atom is -0.328 e. The fourth-order valence-electron chi connectivity index (χ4n) is 0.565. The lowest BCUT2D eigenvalue weighted by Gasteiger charge is -2.11. The molecule has 8 heavy (non-hydrogen) atoms. The summed E-state index contributed by atoms with van der Waals surface area (Å²) in [6.07, 6.45) is -0.229. The summed E-state index contributed by atoms with van der Waals surface area (Å²) in [5.74, 6) is -2.60. The standard InChI is InChI=1S/C5H11F2N/c1-4(8)3-5(2,6)7/h4H,3,8H2,1-2H3. The highest BCUT2D eigenvalue weighted by molar-refractivity contribution is 4.64. The molecule has 50 valence electrons. The van der Waals surface area contributed by atoms with Crippen LogP contribution in [0.2, 0.25) is 0 Å². The molecule has 0 aromatic carbocycles. The van der Waals surface area contributed by atoms with Gasteiger partial charge >= 0.3 is 0 Å². The number of hydrogen-bond donors (Lipinski definition) is 1. The second-order valence-corrected chi connectivity index (χ2v) is 2.25. The highest BCUT2D eigenvalue weighted by Crippen LogP contribution is 2.17. The molecular formula is C5H11F2N. The first-order valence-electron chi connectivity index (χ1n) is 2.55. The Morgan fingerprint density at radius 3 is 2.00 bits per heavy atom. The van der Waals surface area contributed by atoms with Gasteiger partial charge in [-0.2, -0.15) is 0 Å². The Kier molecular flexibility index (Phi) is 2.34. The fourth-order valence-corrected chi connectivity index (χ4v) is 0.565. The van der Waals surface area contributed by atoms with Crippen LogP contribution in [0.15, 0.2) is 0 Å². The molecule has 0 aromatic heterocycles. The van der Waals surface area contributed by atoms with Crippen LogP contribution in [0.5, 0.6) is 0 Å². The number of hydrogen-bond acceptors (Lipinski definition) is 1. The molecular weight excluding hydrogens is 112 g/mol. The first kappa shape index (κ1) is 7.82. The largest absolute Gasteiger partial charge is 0.328 e. The predicted octanol–water partition coefficient (Wildman–Crippen LogP) is 1.38. The third-order valence-corrected chi connectivity index (χ3v) is 0.680. The molecule has 0 saturated heterocycles. The summed E-state index contributed by atoms with van der Waals surface area (Å²) in [5.41, 5.74) is 5.10. The SMILES string of the molecule is CC(N)CC(C)(F)F. The fraction of sp³-hybridized carbons (Fsp3) is 1.00. The summed E-state index contributed by atoms with van der Waals surface area (Å²) in [6, 6.07) is -0.407. The Labute approximate surface area is 47.9 Å². The molecule has 0 saturated carbocycles. The Hall–Kier alpha value is -0.180. The summed E-state index contributed by atoms with van der Waals surface area (Å²) in [7, 11) is 0. The first-order valence-corrected chi connectivity index (χ1v) is 2.55. The van der Waals surface area contributed by atoms with Crippen LogP contribution in [0, 0.1) is 0 Å². The van der Waals surface area contributed by atoms with Crippen LogP contribution in [-0.2, 0) is 0 Å². The average molecular weight is 123 g/mol. The normalized spacial score (nSPS) is 16.1. The van der Waals surface area contributed by atoms with Crippen molar-refractivity contribution in [1.29, 1.82) is 0 Å². The van der Waals surface area contributed by atoms with Gasteiger partial charge in [0, 0.05) is 12.5 Å². The van der Waals surface area contributed by atoms with E-state index in [9.17, 15) is 8.78 Å². The molecule has 0 amide bonds. The van der Waals surface area contributed by atoms with E-state index in [1.807, 2.05) is 0 Å². The smallest absolute Gasteiger partial charge is 0.246 e. The summed E-state index contributed by atoms with van der Waals surface area (Å²) < 4.78 is 23.8. The lowest BCUT2D eigenvalue weighted by Crippen LogP contribution is -2.24. The third kappa shape index (κ3) is 5.82. The van der Waals surface area contributed by atoms with E-state index in [1.165, 1.54) is 0 Å². The quantitative estimate of drug-likeness (QED) is 0.589. The molecule has 0 aliphatic rings. The third-order valence-electron chi connectivity index (χ3n) is 0.680. The molecule has 3 heteroatoms. The van der Waals surface area contributed by atoms with Gasteiger partial charge in [0.1, 0.15) is 0 Å². The topological polar surface area (TPSA) is 26.0 Å². The zero-order chi connectivity index (χ0) is 6.78. The Morgan fingerprint density at radius 1 is 1.62 bits per heavy atom. The van der Waals surface area contributed by atoms with Crippen LogP contribution in [0.1, 0.15) is 20.3 Å². The van der Waals surface area contributed by atoms with Crippen molar-refractivity contribution in [2.75, 3.05) is 0 Å². The highest BCUT2D eigenvalue weighted by atomic mass is 19.3. The van der Waals surface area contributed by atoms with Gasteiger partial charge in [0.15, 0.2) is 0 Å². The zero-order valence-corrected chi connectivity index (χ0v) is 5.12. The minimum atomic E-state index is -2.60. The molecule has 0 aliphatic carbocycles. The molecule has 0 radical (unpaired) electrons. The van der Waals surface area contributed by atoms with Gasteiger partial charge in [-0.3, -0.25) is 0 Å². The molecule has 0 bridgehead atoms. The predicted molar refractivity (Wildman–Crippen MR) is 28.9 cm³/mol. The lowest BCUT2D eigenvalue weighted by molar-refractivity contribution is 0.00801. The van der Waals surface area contributed by atoms with Crippen LogP contribution in [-0.4, -0.2) is 12.0 Å². The zero-order valence-electron chi connectivity index (χ0n) is 5.12. The van der Waals surface area contributed by atoms with Gasteiger partial charge in [-0.1, -0.05) is 0 Å². The van der Waals surface area contributed by atoms with E-state index in [2.05, 4.69) is 0 Å². The molecule has 0 rings (SSSR count). The van der Waals surface area contributed by atoms with E-state index >= 15 is 0 Å². The van der Waals surface area contributed by atoms with E-state index in [4.69, 9.17) is 5.73 Å². The molecule has 1 atom stereocenters. The molecule has 0 fully saturated rings. The maximum absolute atomic E-state index is 11.9. The Morgan fingerprint density at radius 2 is 2.00 bits per heavy atom. The summed E-state index contributed by atoms with van der Waals surface area (Å²) in [6.45, 7) is 2.44. The van der Waals surface area contributed by atoms with Gasteiger partial charge in [0.25, 0.3) is 0 Å². The van der Waals surface area contributed by atoms with Crippen molar-refractivity contribution in [3.8, 4) is 0 Å². The van der Waals surface area contributed by atoms with Crippen LogP contribution in [0.25, 0.3) is 0 Å². The van der Waals surface area contributed by atoms with Gasteiger partial charge in [-0.15, -0.1) is 0 Å². The lowest BCUT2D eigenvalue weighted by atomic mass is 10.2. The Bertz CT molecular complexity index is 65.3. The molecule has 2 N–H and O–H groups in total. The van der Waals surface area contributed by atoms with Crippen molar-refractivity contribution < 1.29 is 8.78 Å². The maximum Gasteiger partial charge on any atom is 0.246 e. The van der Waals surface area contributed by atoms with Gasteiger partial charge in [0.2, 0.25) is 5.92 Å². The highest BCUT2D eigenvalue weighted by Gasteiger charge is 2.22. The van der Waals surface area contributed by atoms with Gasteiger partial charge < -0.3 is 5.73 Å². The van der Waals surface area contributed by atoms with Crippen molar-refractivity contribution in [2.24, 2.45) is 5.73 Å². The second-order valence-electron chi connectivity index (χ2n) is 2.25. The number of alkyl halides is 2. The number of rotatable bonds is 2. The first-order chi connectivity index (χ1) is 3.42.